The number of ether oxygens (including phenoxy) is 2. The van der Waals surface area contributed by atoms with E-state index in [1.165, 1.54) is 116 Å². The van der Waals surface area contributed by atoms with Crippen LogP contribution in [0.3, 0.4) is 0 Å². The van der Waals surface area contributed by atoms with Crippen molar-refractivity contribution in [2.24, 2.45) is 0 Å². The summed E-state index contributed by atoms with van der Waals surface area (Å²) in [6.07, 6.45) is 40.9. The van der Waals surface area contributed by atoms with Crippen molar-refractivity contribution in [2.45, 2.75) is 200 Å². The summed E-state index contributed by atoms with van der Waals surface area (Å²) in [4.78, 5) is 24.2. The number of unbranched alkanes of at least 4 members (excludes halogenated alkanes) is 22. The van der Waals surface area contributed by atoms with Gasteiger partial charge >= 0.3 is 11.9 Å². The molecule has 0 rings (SSSR count). The molecule has 45 heavy (non-hydrogen) atoms. The molecule has 0 aromatic carbocycles. The van der Waals surface area contributed by atoms with Gasteiger partial charge in [-0.15, -0.1) is 0 Å². The summed E-state index contributed by atoms with van der Waals surface area (Å²) >= 11 is 0. The minimum Gasteiger partial charge on any atom is -0.462 e. The third-order valence-electron chi connectivity index (χ3n) is 8.22. The Hall–Kier alpha value is -0.997. The second-order valence-corrected chi connectivity index (χ2v) is 12.6. The normalized spacial score (nSPS) is 12.1. The summed E-state index contributed by atoms with van der Waals surface area (Å²) in [6, 6.07) is 0. The summed E-state index contributed by atoms with van der Waals surface area (Å²) in [7, 11) is 0. The van der Waals surface area contributed by atoms with Crippen LogP contribution in [-0.4, -0.2) is 36.4 Å². The number of hydrogen-bond donors (Lipinski definition) is 1. The molecule has 1 atom stereocenters. The summed E-state index contributed by atoms with van der Waals surface area (Å²) in [6.45, 7) is 4.11. The maximum Gasteiger partial charge on any atom is 0.306 e. The van der Waals surface area contributed by atoms with E-state index in [0.29, 0.717) is 12.8 Å². The fourth-order valence-corrected chi connectivity index (χ4v) is 5.31. The minimum absolute atomic E-state index is 0. The van der Waals surface area contributed by atoms with Crippen molar-refractivity contribution in [1.82, 2.24) is 0 Å². The number of carbonyl (C=O) groups is 2. The molecule has 0 aromatic rings. The number of aliphatic hydroxyl groups excluding tert-OH is 1. The number of allylic oxidation sites excluding steroid dienone is 4. The summed E-state index contributed by atoms with van der Waals surface area (Å²) in [5.41, 5.74) is 0. The van der Waals surface area contributed by atoms with Gasteiger partial charge in [0.2, 0.25) is 0 Å². The van der Waals surface area contributed by atoms with Crippen LogP contribution in [0.25, 0.3) is 0 Å². The van der Waals surface area contributed by atoms with Crippen molar-refractivity contribution >= 4 is 11.9 Å². The molecule has 0 aromatic heterocycles. The monoisotopic (exact) mass is 684 g/mol. The third-order valence-corrected chi connectivity index (χ3v) is 8.22. The van der Waals surface area contributed by atoms with E-state index in [1.54, 1.807) is 0 Å². The van der Waals surface area contributed by atoms with Crippen LogP contribution in [0, 0.1) is 0 Å². The Morgan fingerprint density at radius 1 is 0.511 bits per heavy atom. The molecule has 1 N–H and O–H groups in total. The zero-order chi connectivity index (χ0) is 32.2. The average Bonchev–Trinajstić information content (AvgIpc) is 3.02. The fraction of sp³-hybridized carbons (Fsp3) is 0.846. The van der Waals surface area contributed by atoms with Gasteiger partial charge in [-0.05, 0) is 64.2 Å². The standard InChI is InChI=1S/C39H72O5.Zn/c1-3-5-7-9-11-13-15-17-19-21-23-25-27-29-31-33-38(41)43-36-37(35-40)44-39(42)34-32-30-28-26-24-22-20-18-16-14-12-10-8-6-4-2;/h17-20,37,40H,3-16,21-36H2,1-2H3;/b19-17-,20-18-;. The quantitative estimate of drug-likeness (QED) is 0.0316. The van der Waals surface area contributed by atoms with Crippen LogP contribution >= 0.6 is 0 Å². The number of hydrogen-bond acceptors (Lipinski definition) is 5. The molecule has 0 radical (unpaired) electrons. The van der Waals surface area contributed by atoms with Crippen LogP contribution in [-0.2, 0) is 38.5 Å². The predicted octanol–water partition coefficient (Wildman–Crippen LogP) is 11.5. The van der Waals surface area contributed by atoms with Crippen LogP contribution in [0.1, 0.15) is 194 Å². The van der Waals surface area contributed by atoms with Gasteiger partial charge in [0.1, 0.15) is 6.61 Å². The van der Waals surface area contributed by atoms with Gasteiger partial charge in [0.15, 0.2) is 6.10 Å². The number of rotatable bonds is 34. The van der Waals surface area contributed by atoms with Gasteiger partial charge in [-0.3, -0.25) is 9.59 Å². The second kappa shape index (κ2) is 39.2. The Kier molecular flexibility index (Phi) is 40.2. The molecule has 0 aliphatic rings. The van der Waals surface area contributed by atoms with Crippen LogP contribution in [0.5, 0.6) is 0 Å². The van der Waals surface area contributed by atoms with Crippen molar-refractivity contribution in [3.63, 3.8) is 0 Å². The minimum atomic E-state index is -0.774. The second-order valence-electron chi connectivity index (χ2n) is 12.6. The third kappa shape index (κ3) is 37.3. The Morgan fingerprint density at radius 3 is 1.22 bits per heavy atom. The van der Waals surface area contributed by atoms with Gasteiger partial charge in [-0.1, -0.05) is 141 Å². The average molecular weight is 686 g/mol. The molecule has 0 aliphatic carbocycles. The molecule has 0 amide bonds. The number of esters is 2. The predicted molar refractivity (Wildman–Crippen MR) is 187 cm³/mol. The first-order chi connectivity index (χ1) is 21.6. The molecule has 0 aliphatic heterocycles. The van der Waals surface area contributed by atoms with E-state index in [9.17, 15) is 14.7 Å². The van der Waals surface area contributed by atoms with Crippen molar-refractivity contribution in [2.75, 3.05) is 13.2 Å². The maximum atomic E-state index is 12.1. The Balaban J connectivity index is 0. The Bertz CT molecular complexity index is 678. The molecule has 260 valence electrons. The maximum absolute atomic E-state index is 12.1. The molecular formula is C39H72O5Zn. The van der Waals surface area contributed by atoms with E-state index >= 15 is 0 Å². The molecule has 5 nitrogen and oxygen atoms in total. The van der Waals surface area contributed by atoms with E-state index in [-0.39, 0.29) is 44.6 Å². The molecule has 6 heteroatoms. The Labute approximate surface area is 291 Å². The van der Waals surface area contributed by atoms with E-state index in [0.717, 1.165) is 51.4 Å². The fourth-order valence-electron chi connectivity index (χ4n) is 5.31. The number of aliphatic hydroxyl groups is 1. The molecule has 0 bridgehead atoms. The largest absolute Gasteiger partial charge is 0.462 e. The van der Waals surface area contributed by atoms with E-state index in [1.807, 2.05) is 0 Å². The molecule has 0 fully saturated rings. The van der Waals surface area contributed by atoms with Gasteiger partial charge in [-0.2, -0.15) is 0 Å². The van der Waals surface area contributed by atoms with E-state index in [2.05, 4.69) is 38.2 Å². The van der Waals surface area contributed by atoms with Crippen molar-refractivity contribution in [3.05, 3.63) is 24.3 Å². The first kappa shape index (κ1) is 46.1. The first-order valence-corrected chi connectivity index (χ1v) is 18.9. The molecule has 0 spiro atoms. The number of carbonyl (C=O) groups excluding carboxylic acids is 2. The van der Waals surface area contributed by atoms with Crippen molar-refractivity contribution in [1.29, 1.82) is 0 Å². The smallest absolute Gasteiger partial charge is 0.306 e. The van der Waals surface area contributed by atoms with Crippen LogP contribution in [0.2, 0.25) is 0 Å². The van der Waals surface area contributed by atoms with E-state index in [4.69, 9.17) is 9.47 Å². The van der Waals surface area contributed by atoms with Gasteiger partial charge in [0.25, 0.3) is 0 Å². The van der Waals surface area contributed by atoms with Gasteiger partial charge in [-0.25, -0.2) is 0 Å². The molecule has 0 saturated heterocycles. The zero-order valence-corrected chi connectivity index (χ0v) is 32.9. The topological polar surface area (TPSA) is 72.8 Å². The summed E-state index contributed by atoms with van der Waals surface area (Å²) < 4.78 is 10.6. The summed E-state index contributed by atoms with van der Waals surface area (Å²) in [5, 5.41) is 9.53. The van der Waals surface area contributed by atoms with Gasteiger partial charge < -0.3 is 14.6 Å². The van der Waals surface area contributed by atoms with Crippen LogP contribution in [0.15, 0.2) is 24.3 Å². The summed E-state index contributed by atoms with van der Waals surface area (Å²) in [5.74, 6) is -0.607. The first-order valence-electron chi connectivity index (χ1n) is 18.9. The van der Waals surface area contributed by atoms with Crippen LogP contribution < -0.4 is 0 Å². The molecular weight excluding hydrogens is 614 g/mol. The van der Waals surface area contributed by atoms with Gasteiger partial charge in [0.05, 0.1) is 6.61 Å². The molecule has 0 heterocycles. The van der Waals surface area contributed by atoms with Crippen molar-refractivity contribution < 1.29 is 43.6 Å². The zero-order valence-electron chi connectivity index (χ0n) is 29.9. The van der Waals surface area contributed by atoms with Crippen LogP contribution in [0.4, 0.5) is 0 Å². The van der Waals surface area contributed by atoms with Gasteiger partial charge in [0, 0.05) is 32.3 Å². The molecule has 0 saturated carbocycles. The molecule has 1 unspecified atom stereocenters. The Morgan fingerprint density at radius 2 is 0.844 bits per heavy atom. The van der Waals surface area contributed by atoms with Crippen molar-refractivity contribution in [3.8, 4) is 0 Å². The van der Waals surface area contributed by atoms with E-state index < -0.39 is 6.10 Å². The SMILES string of the molecule is CCCCCCCC/C=C\CCCCCCCC(=O)OCC(CO)OC(=O)CCCCCCC/C=C\CCCCCCCC.[Zn].